The molecule has 0 aromatic rings. The Labute approximate surface area is 313 Å². The van der Waals surface area contributed by atoms with E-state index in [1.54, 1.807) is 10.8 Å². The smallest absolute Gasteiger partial charge is 0.249 e. The summed E-state index contributed by atoms with van der Waals surface area (Å²) in [7, 11) is 36.8. The minimum atomic E-state index is -3.43. The molecule has 0 amide bonds. The summed E-state index contributed by atoms with van der Waals surface area (Å²) in [6, 6.07) is 0. The van der Waals surface area contributed by atoms with Gasteiger partial charge in [0.1, 0.15) is 10.8 Å². The molecule has 0 aliphatic heterocycles. The fourth-order valence-corrected chi connectivity index (χ4v) is 30.3. The summed E-state index contributed by atoms with van der Waals surface area (Å²) in [6.45, 7) is 0. The Balaban J connectivity index is 0. The topological polar surface area (TPSA) is 136 Å². The summed E-state index contributed by atoms with van der Waals surface area (Å²) < 4.78 is 51.2. The maximum absolute atomic E-state index is 7.56. The molecule has 0 atom stereocenters. The van der Waals surface area contributed by atoms with E-state index >= 15 is 0 Å². The molecule has 0 aromatic heterocycles. The monoisotopic (exact) mass is 823 g/mol. The van der Waals surface area contributed by atoms with Gasteiger partial charge in [0.05, 0.1) is 11.8 Å². The van der Waals surface area contributed by atoms with Gasteiger partial charge in [0.2, 0.25) is 30.0 Å². The molecule has 0 aromatic carbocycles. The molecule has 0 saturated carbocycles. The lowest BCUT2D eigenvalue weighted by Crippen LogP contribution is -2.33. The molecule has 50 heavy (non-hydrogen) atoms. The number of rotatable bonds is 16. The third kappa shape index (κ3) is 11.1. The highest BCUT2D eigenvalue weighted by Crippen LogP contribution is 2.86. The SMILES string of the molecule is CN(C)P(=N[P+](N=P(N(C)C)(N(C)C)N(C)C)(N=P(N(C)C)(N(C)C)N(C)C)N=P(N(C)C)(N(C)C)N(C)C)(N(C)C)N(C)C.N#CSC#N. The van der Waals surface area contributed by atoms with E-state index in [4.69, 9.17) is 28.6 Å². The first-order valence-electron chi connectivity index (χ1n) is 15.6. The highest BCUT2D eigenvalue weighted by atomic mass is 32.2. The van der Waals surface area contributed by atoms with Crippen LogP contribution < -0.4 is 0 Å². The molecule has 24 heteroatoms. The van der Waals surface area contributed by atoms with Gasteiger partial charge in [-0.05, 0) is 187 Å². The lowest BCUT2D eigenvalue weighted by Gasteiger charge is -2.44. The molecule has 296 valence electrons. The van der Waals surface area contributed by atoms with E-state index in [0.717, 1.165) is 0 Å². The zero-order valence-corrected chi connectivity index (χ0v) is 41.0. The Hall–Kier alpha value is 0.200. The van der Waals surface area contributed by atoms with Crippen LogP contribution in [0.4, 0.5) is 0 Å². The van der Waals surface area contributed by atoms with Crippen molar-refractivity contribution in [1.82, 2.24) is 56.0 Å². The van der Waals surface area contributed by atoms with E-state index in [0.29, 0.717) is 11.8 Å². The van der Waals surface area contributed by atoms with Gasteiger partial charge in [-0.1, -0.05) is 0 Å². The van der Waals surface area contributed by atoms with Crippen LogP contribution in [0.2, 0.25) is 0 Å². The highest BCUT2D eigenvalue weighted by molar-refractivity contribution is 8.08. The van der Waals surface area contributed by atoms with Gasteiger partial charge in [-0.25, -0.2) is 56.0 Å². The molecular weight excluding hydrogens is 751 g/mol. The van der Waals surface area contributed by atoms with Crippen molar-refractivity contribution in [3.63, 3.8) is 0 Å². The van der Waals surface area contributed by atoms with Crippen LogP contribution in [0.1, 0.15) is 0 Å². The molecule has 0 saturated heterocycles. The number of hydrogen-bond donors (Lipinski definition) is 0. The molecule has 0 heterocycles. The number of nitrogens with zero attached hydrogens (tertiary/aromatic N) is 18. The van der Waals surface area contributed by atoms with E-state index in [2.05, 4.69) is 225 Å². The first-order chi connectivity index (χ1) is 22.6. The molecule has 0 radical (unpaired) electrons. The van der Waals surface area contributed by atoms with Crippen LogP contribution in [0.3, 0.4) is 0 Å². The van der Waals surface area contributed by atoms with Crippen LogP contribution in [0.5, 0.6) is 0 Å². The first-order valence-corrected chi connectivity index (χ1v) is 24.4. The molecule has 0 N–H and O–H groups in total. The predicted octanol–water partition coefficient (Wildman–Crippen LogP) is 5.87. The first kappa shape index (κ1) is 52.3. The number of thioether (sulfide) groups is 1. The molecule has 0 aliphatic carbocycles. The number of hydrogen-bond acceptors (Lipinski definition) is 7. The van der Waals surface area contributed by atoms with E-state index < -0.39 is 37.9 Å². The van der Waals surface area contributed by atoms with E-state index in [1.165, 1.54) is 0 Å². The Bertz CT molecular complexity index is 1070. The van der Waals surface area contributed by atoms with Crippen molar-refractivity contribution in [3.8, 4) is 10.8 Å². The van der Waals surface area contributed by atoms with Gasteiger partial charge in [0.25, 0.3) is 0 Å². The van der Waals surface area contributed by atoms with Gasteiger partial charge in [-0.15, -0.1) is 0 Å². The van der Waals surface area contributed by atoms with Crippen LogP contribution in [0.15, 0.2) is 18.1 Å². The van der Waals surface area contributed by atoms with E-state index in [1.807, 2.05) is 0 Å². The molecule has 0 aliphatic rings. The molecule has 0 bridgehead atoms. The molecule has 0 fully saturated rings. The molecular formula is C26H72N18P5S+. The van der Waals surface area contributed by atoms with Gasteiger partial charge < -0.3 is 0 Å². The summed E-state index contributed by atoms with van der Waals surface area (Å²) in [5.41, 5.74) is 0. The van der Waals surface area contributed by atoms with Crippen LogP contribution in [0, 0.1) is 21.3 Å². The maximum atomic E-state index is 7.56. The second-order valence-corrected chi connectivity index (χ2v) is 31.9. The minimum absolute atomic E-state index is 0.574. The molecule has 0 spiro atoms. The Morgan fingerprint density at radius 2 is 0.440 bits per heavy atom. The van der Waals surface area contributed by atoms with Crippen molar-refractivity contribution in [1.29, 1.82) is 10.5 Å². The average molecular weight is 824 g/mol. The Morgan fingerprint density at radius 3 is 0.500 bits per heavy atom. The third-order valence-electron chi connectivity index (χ3n) is 7.49. The molecule has 0 unspecified atom stereocenters. The second kappa shape index (κ2) is 21.3. The molecule has 0 rings (SSSR count). The quantitative estimate of drug-likeness (QED) is 0.136. The van der Waals surface area contributed by atoms with Gasteiger partial charge in [0.15, 0.2) is 0 Å². The van der Waals surface area contributed by atoms with Gasteiger partial charge in [-0.3, -0.25) is 0 Å². The minimum Gasteiger partial charge on any atom is -0.249 e. The zero-order valence-electron chi connectivity index (χ0n) is 35.7. The summed E-state index contributed by atoms with van der Waals surface area (Å²) in [6.07, 6.45) is 0. The van der Waals surface area contributed by atoms with Crippen molar-refractivity contribution in [2.75, 3.05) is 169 Å². The Morgan fingerprint density at radius 1 is 0.320 bits per heavy atom. The lowest BCUT2D eigenvalue weighted by atomic mass is 11.2. The standard InChI is InChI=1S/C24H72N16P5.C2N2S/c1-29(2)42(30(3)4,31(5)6)25-41(26-43(32(7)8,33(9)10)34(11)12,27-44(35(13)14,36(15)16)37(17)18)28-45(38(19)20,39(21)22)40(23)24;3-1-5-2-4/h1-24H3;/q+1;. The van der Waals surface area contributed by atoms with Crippen molar-refractivity contribution >= 4 is 49.7 Å². The third-order valence-corrected chi connectivity index (χ3v) is 28.2. The van der Waals surface area contributed by atoms with Crippen molar-refractivity contribution in [2.24, 2.45) is 18.1 Å². The van der Waals surface area contributed by atoms with E-state index in [9.17, 15) is 0 Å². The average Bonchev–Trinajstić information content (AvgIpc) is 2.94. The zero-order chi connectivity index (χ0) is 40.4. The van der Waals surface area contributed by atoms with Gasteiger partial charge in [-0.2, -0.15) is 10.5 Å². The maximum Gasteiger partial charge on any atom is 0.502 e. The van der Waals surface area contributed by atoms with E-state index in [-0.39, 0.29) is 0 Å². The summed E-state index contributed by atoms with van der Waals surface area (Å²) in [5, 5.41) is 18.3. The van der Waals surface area contributed by atoms with Crippen molar-refractivity contribution in [3.05, 3.63) is 0 Å². The van der Waals surface area contributed by atoms with Gasteiger partial charge in [0, 0.05) is 0 Å². The summed E-state index contributed by atoms with van der Waals surface area (Å²) in [4.78, 5) is 0. The van der Waals surface area contributed by atoms with Crippen molar-refractivity contribution in [2.45, 2.75) is 0 Å². The largest absolute Gasteiger partial charge is 0.502 e. The van der Waals surface area contributed by atoms with Crippen molar-refractivity contribution < 1.29 is 0 Å². The molecule has 18 nitrogen and oxygen atoms in total. The predicted molar refractivity (Wildman–Crippen MR) is 227 cm³/mol. The fraction of sp³-hybridized carbons (Fsp3) is 0.923. The van der Waals surface area contributed by atoms with Gasteiger partial charge >= 0.3 is 7.87 Å². The summed E-state index contributed by atoms with van der Waals surface area (Å²) >= 11 is 0.574. The van der Waals surface area contributed by atoms with Crippen LogP contribution >= 0.6 is 49.7 Å². The van der Waals surface area contributed by atoms with Crippen LogP contribution in [0.25, 0.3) is 0 Å². The Kier molecular flexibility index (Phi) is 22.3. The normalized spacial score (nSPS) is 13.8. The number of nitriles is 2. The van der Waals surface area contributed by atoms with Crippen LogP contribution in [-0.4, -0.2) is 225 Å². The fourth-order valence-electron chi connectivity index (χ4n) is 6.02. The lowest BCUT2D eigenvalue weighted by molar-refractivity contribution is 0.470. The van der Waals surface area contributed by atoms with Crippen LogP contribution in [-0.2, 0) is 0 Å². The summed E-state index contributed by atoms with van der Waals surface area (Å²) in [5.74, 6) is 0. The second-order valence-electron chi connectivity index (χ2n) is 13.5. The highest BCUT2D eigenvalue weighted by Gasteiger charge is 2.56. The number of thiocyanates is 2.